The van der Waals surface area contributed by atoms with E-state index in [2.05, 4.69) is 33.9 Å². The van der Waals surface area contributed by atoms with Gasteiger partial charge in [0, 0.05) is 0 Å². The summed E-state index contributed by atoms with van der Waals surface area (Å²) in [5.41, 5.74) is 0.466. The number of rotatable bonds is 6. The van der Waals surface area contributed by atoms with Crippen molar-refractivity contribution in [2.24, 2.45) is 5.41 Å². The van der Waals surface area contributed by atoms with Crippen molar-refractivity contribution < 1.29 is 9.53 Å². The fraction of sp³-hybridized carbons (Fsp3) is 0.462. The first kappa shape index (κ1) is 13.7. The van der Waals surface area contributed by atoms with Gasteiger partial charge in [-0.05, 0) is 17.9 Å². The molecule has 0 rings (SSSR count). The van der Waals surface area contributed by atoms with Gasteiger partial charge in [-0.3, -0.25) is 0 Å². The molecule has 0 amide bonds. The van der Waals surface area contributed by atoms with Crippen LogP contribution in [-0.2, 0) is 9.53 Å². The summed E-state index contributed by atoms with van der Waals surface area (Å²) >= 11 is 0. The minimum Gasteiger partial charge on any atom is -0.462 e. The summed E-state index contributed by atoms with van der Waals surface area (Å²) in [7, 11) is 0. The summed E-state index contributed by atoms with van der Waals surface area (Å²) in [6.07, 6.45) is 5.58. The summed E-state index contributed by atoms with van der Waals surface area (Å²) in [5, 5.41) is 0. The van der Waals surface area contributed by atoms with Gasteiger partial charge in [0.1, 0.15) is 0 Å². The normalized spacial score (nSPS) is 12.1. The summed E-state index contributed by atoms with van der Waals surface area (Å²) in [5.74, 6) is -0.341. The van der Waals surface area contributed by atoms with E-state index >= 15 is 0 Å². The number of carbonyl (C=O) groups excluding carboxylic acids is 1. The molecule has 0 radical (unpaired) electrons. The maximum absolute atomic E-state index is 11.5. The Balaban J connectivity index is 4.31. The zero-order chi connectivity index (χ0) is 11.9. The Kier molecular flexibility index (Phi) is 5.68. The predicted octanol–water partition coefficient (Wildman–Crippen LogP) is 3.26. The Hall–Kier alpha value is -1.31. The van der Waals surface area contributed by atoms with Gasteiger partial charge >= 0.3 is 5.97 Å². The molecule has 0 aromatic rings. The minimum absolute atomic E-state index is 0.0239. The van der Waals surface area contributed by atoms with Crippen LogP contribution in [0.3, 0.4) is 0 Å². The number of carbonyl (C=O) groups is 1. The maximum atomic E-state index is 11.5. The van der Waals surface area contributed by atoms with E-state index in [1.807, 2.05) is 0 Å². The molecule has 0 saturated heterocycles. The molecule has 2 nitrogen and oxygen atoms in total. The van der Waals surface area contributed by atoms with Crippen molar-refractivity contribution in [1.29, 1.82) is 0 Å². The van der Waals surface area contributed by atoms with Crippen molar-refractivity contribution in [3.05, 3.63) is 37.0 Å². The number of ether oxygens (including phenoxy) is 1. The highest BCUT2D eigenvalue weighted by Crippen LogP contribution is 2.20. The molecular formula is C13H20O2. The van der Waals surface area contributed by atoms with Crippen molar-refractivity contribution in [2.75, 3.05) is 6.61 Å². The zero-order valence-corrected chi connectivity index (χ0v) is 9.88. The molecule has 0 aliphatic heterocycles. The Morgan fingerprint density at radius 2 is 2.00 bits per heavy atom. The number of hydrogen-bond donors (Lipinski definition) is 0. The van der Waals surface area contributed by atoms with E-state index in [9.17, 15) is 4.79 Å². The highest BCUT2D eigenvalue weighted by molar-refractivity contribution is 5.91. The first-order valence-electron chi connectivity index (χ1n) is 5.09. The molecule has 0 spiro atoms. The van der Waals surface area contributed by atoms with E-state index < -0.39 is 0 Å². The van der Waals surface area contributed by atoms with Crippen molar-refractivity contribution in [3.8, 4) is 0 Å². The average molecular weight is 208 g/mol. The molecule has 84 valence electrons. The second-order valence-electron chi connectivity index (χ2n) is 4.16. The van der Waals surface area contributed by atoms with Crippen molar-refractivity contribution in [3.63, 3.8) is 0 Å². The molecule has 0 aromatic carbocycles. The molecule has 0 unspecified atom stereocenters. The van der Waals surface area contributed by atoms with Gasteiger partial charge in [-0.2, -0.15) is 0 Å². The summed E-state index contributed by atoms with van der Waals surface area (Å²) in [6.45, 7) is 13.7. The Morgan fingerprint density at radius 3 is 2.40 bits per heavy atom. The Bertz CT molecular complexity index is 272. The third-order valence-corrected chi connectivity index (χ3v) is 2.30. The summed E-state index contributed by atoms with van der Waals surface area (Å²) in [4.78, 5) is 11.5. The van der Waals surface area contributed by atoms with Crippen molar-refractivity contribution >= 4 is 5.97 Å². The molecule has 0 heterocycles. The molecular weight excluding hydrogens is 188 g/mol. The second-order valence-corrected chi connectivity index (χ2v) is 4.16. The quantitative estimate of drug-likeness (QED) is 0.380. The lowest BCUT2D eigenvalue weighted by Crippen LogP contribution is -2.21. The summed E-state index contributed by atoms with van der Waals surface area (Å²) in [6, 6.07) is 0. The van der Waals surface area contributed by atoms with Crippen LogP contribution in [0.25, 0.3) is 0 Å². The van der Waals surface area contributed by atoms with Gasteiger partial charge in [-0.15, -0.1) is 0 Å². The predicted molar refractivity (Wildman–Crippen MR) is 63.5 cm³/mol. The monoisotopic (exact) mass is 208 g/mol. The molecule has 0 aromatic heterocycles. The number of esters is 1. The Labute approximate surface area is 92.3 Å². The fourth-order valence-corrected chi connectivity index (χ4v) is 0.793. The number of hydrogen-bond acceptors (Lipinski definition) is 2. The highest BCUT2D eigenvalue weighted by atomic mass is 16.5. The third kappa shape index (κ3) is 5.21. The van der Waals surface area contributed by atoms with Crippen molar-refractivity contribution in [1.82, 2.24) is 0 Å². The second kappa shape index (κ2) is 6.23. The van der Waals surface area contributed by atoms with Crippen LogP contribution in [0.1, 0.15) is 27.2 Å². The van der Waals surface area contributed by atoms with Crippen LogP contribution in [0.4, 0.5) is 0 Å². The fourth-order valence-electron chi connectivity index (χ4n) is 0.793. The SMILES string of the molecule is C=C/C=C(\C=C)C(=O)OCC(C)(C)CC. The highest BCUT2D eigenvalue weighted by Gasteiger charge is 2.18. The zero-order valence-electron chi connectivity index (χ0n) is 9.88. The van der Waals surface area contributed by atoms with Crippen LogP contribution >= 0.6 is 0 Å². The molecule has 0 saturated carbocycles. The smallest absolute Gasteiger partial charge is 0.338 e. The molecule has 0 atom stereocenters. The lowest BCUT2D eigenvalue weighted by Gasteiger charge is -2.21. The molecule has 0 bridgehead atoms. The molecule has 0 fully saturated rings. The van der Waals surface area contributed by atoms with Crippen LogP contribution in [0.2, 0.25) is 0 Å². The standard InChI is InChI=1S/C13H20O2/c1-6-9-11(7-2)12(14)15-10-13(4,5)8-3/h6-7,9H,1-2,8,10H2,3-5H3/b11-9+. The molecule has 0 aliphatic rings. The van der Waals surface area contributed by atoms with Crippen LogP contribution in [-0.4, -0.2) is 12.6 Å². The van der Waals surface area contributed by atoms with Gasteiger partial charge in [0.15, 0.2) is 0 Å². The lowest BCUT2D eigenvalue weighted by molar-refractivity contribution is -0.141. The van der Waals surface area contributed by atoms with E-state index in [1.165, 1.54) is 6.08 Å². The van der Waals surface area contributed by atoms with E-state index in [1.54, 1.807) is 12.2 Å². The lowest BCUT2D eigenvalue weighted by atomic mass is 9.92. The largest absolute Gasteiger partial charge is 0.462 e. The minimum atomic E-state index is -0.341. The van der Waals surface area contributed by atoms with Gasteiger partial charge in [0.25, 0.3) is 0 Å². The first-order chi connectivity index (χ1) is 6.96. The van der Waals surface area contributed by atoms with Gasteiger partial charge in [0.05, 0.1) is 12.2 Å². The summed E-state index contributed by atoms with van der Waals surface area (Å²) < 4.78 is 5.18. The molecule has 0 aliphatic carbocycles. The molecule has 0 N–H and O–H groups in total. The maximum Gasteiger partial charge on any atom is 0.338 e. The molecule has 15 heavy (non-hydrogen) atoms. The van der Waals surface area contributed by atoms with E-state index in [4.69, 9.17) is 4.74 Å². The van der Waals surface area contributed by atoms with Crippen LogP contribution in [0.15, 0.2) is 37.0 Å². The third-order valence-electron chi connectivity index (χ3n) is 2.30. The van der Waals surface area contributed by atoms with Crippen LogP contribution < -0.4 is 0 Å². The van der Waals surface area contributed by atoms with Crippen LogP contribution in [0, 0.1) is 5.41 Å². The van der Waals surface area contributed by atoms with E-state index in [0.29, 0.717) is 12.2 Å². The number of allylic oxidation sites excluding steroid dienone is 2. The van der Waals surface area contributed by atoms with E-state index in [-0.39, 0.29) is 11.4 Å². The topological polar surface area (TPSA) is 26.3 Å². The van der Waals surface area contributed by atoms with Crippen molar-refractivity contribution in [2.45, 2.75) is 27.2 Å². The Morgan fingerprint density at radius 1 is 1.40 bits per heavy atom. The van der Waals surface area contributed by atoms with Gasteiger partial charge in [-0.1, -0.05) is 46.1 Å². The van der Waals surface area contributed by atoms with Gasteiger partial charge in [0.2, 0.25) is 0 Å². The van der Waals surface area contributed by atoms with Gasteiger partial charge < -0.3 is 4.74 Å². The molecule has 2 heteroatoms. The average Bonchev–Trinajstić information content (AvgIpc) is 2.22. The van der Waals surface area contributed by atoms with Gasteiger partial charge in [-0.25, -0.2) is 4.79 Å². The van der Waals surface area contributed by atoms with E-state index in [0.717, 1.165) is 6.42 Å². The first-order valence-corrected chi connectivity index (χ1v) is 5.09. The van der Waals surface area contributed by atoms with Crippen LogP contribution in [0.5, 0.6) is 0 Å².